The van der Waals surface area contributed by atoms with Crippen molar-refractivity contribution in [2.24, 2.45) is 0 Å². The van der Waals surface area contributed by atoms with Crippen LogP contribution in [0.25, 0.3) is 0 Å². The molecule has 456 valence electrons. The van der Waals surface area contributed by atoms with Gasteiger partial charge in [0.05, 0.1) is 18.8 Å². The number of amides is 1. The van der Waals surface area contributed by atoms with Crippen LogP contribution in [0.2, 0.25) is 0 Å². The first kappa shape index (κ1) is 75.5. The van der Waals surface area contributed by atoms with Crippen LogP contribution in [0.5, 0.6) is 0 Å². The van der Waals surface area contributed by atoms with Crippen molar-refractivity contribution in [3.05, 3.63) is 36.5 Å². The van der Waals surface area contributed by atoms with Crippen molar-refractivity contribution in [1.82, 2.24) is 5.32 Å². The van der Waals surface area contributed by atoms with Crippen molar-refractivity contribution >= 4 is 5.91 Å². The van der Waals surface area contributed by atoms with E-state index in [1.165, 1.54) is 295 Å². The molecule has 0 saturated carbocycles. The average molecular weight is 1080 g/mol. The Morgan fingerprint density at radius 2 is 0.545 bits per heavy atom. The lowest BCUT2D eigenvalue weighted by molar-refractivity contribution is -0.132. The van der Waals surface area contributed by atoms with Crippen molar-refractivity contribution in [1.29, 1.82) is 0 Å². The van der Waals surface area contributed by atoms with E-state index in [1.807, 2.05) is 0 Å². The molecule has 0 spiro atoms. The maximum atomic E-state index is 12.6. The molecular weight excluding hydrogens is 947 g/mol. The number of nitrogens with one attached hydrogen (secondary N) is 1. The summed E-state index contributed by atoms with van der Waals surface area (Å²) in [7, 11) is 0. The summed E-state index contributed by atoms with van der Waals surface area (Å²) in [6, 6.07) is -1.01. The van der Waals surface area contributed by atoms with Gasteiger partial charge in [-0.3, -0.25) is 4.79 Å². The number of aliphatic hydroxyl groups is 4. The van der Waals surface area contributed by atoms with Crippen LogP contribution >= 0.6 is 0 Å². The lowest BCUT2D eigenvalue weighted by Gasteiger charge is -2.27. The molecular formula is C71H137NO5. The highest BCUT2D eigenvalue weighted by molar-refractivity contribution is 5.80. The van der Waals surface area contributed by atoms with E-state index in [-0.39, 0.29) is 0 Å². The lowest BCUT2D eigenvalue weighted by Crippen LogP contribution is -2.53. The normalized spacial score (nSPS) is 13.7. The van der Waals surface area contributed by atoms with E-state index in [0.717, 1.165) is 51.4 Å². The number of carbonyl (C=O) groups is 1. The number of hydrogen-bond acceptors (Lipinski definition) is 5. The summed E-state index contributed by atoms with van der Waals surface area (Å²) in [6.07, 6.45) is 84.3. The molecule has 4 atom stereocenters. The molecule has 0 saturated heterocycles. The number of hydrogen-bond donors (Lipinski definition) is 5. The molecule has 0 aromatic carbocycles. The molecule has 4 unspecified atom stereocenters. The van der Waals surface area contributed by atoms with Gasteiger partial charge in [-0.05, 0) is 64.2 Å². The highest BCUT2D eigenvalue weighted by Crippen LogP contribution is 2.19. The van der Waals surface area contributed by atoms with Gasteiger partial charge in [0.15, 0.2) is 0 Å². The number of rotatable bonds is 65. The van der Waals surface area contributed by atoms with Gasteiger partial charge >= 0.3 is 0 Å². The van der Waals surface area contributed by atoms with Crippen molar-refractivity contribution in [3.63, 3.8) is 0 Å². The second-order valence-electron chi connectivity index (χ2n) is 24.2. The van der Waals surface area contributed by atoms with Crippen LogP contribution in [0.3, 0.4) is 0 Å². The van der Waals surface area contributed by atoms with Crippen molar-refractivity contribution in [2.45, 2.75) is 404 Å². The van der Waals surface area contributed by atoms with Crippen LogP contribution in [0.1, 0.15) is 380 Å². The Labute approximate surface area is 481 Å². The zero-order valence-electron chi connectivity index (χ0n) is 52.0. The minimum absolute atomic E-state index is 0.362. The Bertz CT molecular complexity index is 1220. The predicted octanol–water partition coefficient (Wildman–Crippen LogP) is 21.5. The number of allylic oxidation sites excluding steroid dienone is 6. The SMILES string of the molecule is CCCCCCCCCCCC/C=C/CC/C=C/CC/C=C/CCCC(O)C(O)C(CO)NC(=O)C(O)CCCCCCCCCCCCCCCCCCCCCCCCCCCCCCCCCCCCCCCC. The summed E-state index contributed by atoms with van der Waals surface area (Å²) >= 11 is 0. The number of unbranched alkanes of at least 4 members (excludes halogenated alkanes) is 50. The largest absolute Gasteiger partial charge is 0.394 e. The van der Waals surface area contributed by atoms with Crippen molar-refractivity contribution < 1.29 is 25.2 Å². The second-order valence-corrected chi connectivity index (χ2v) is 24.2. The highest BCUT2D eigenvalue weighted by atomic mass is 16.3. The van der Waals surface area contributed by atoms with Gasteiger partial charge in [-0.15, -0.1) is 0 Å². The summed E-state index contributed by atoms with van der Waals surface area (Å²) in [6.45, 7) is 4.08. The summed E-state index contributed by atoms with van der Waals surface area (Å²) in [5.41, 5.74) is 0. The first-order chi connectivity index (χ1) is 38.0. The summed E-state index contributed by atoms with van der Waals surface area (Å²) in [4.78, 5) is 12.6. The molecule has 0 rings (SSSR count). The lowest BCUT2D eigenvalue weighted by atomic mass is 10.00. The van der Waals surface area contributed by atoms with E-state index < -0.39 is 36.9 Å². The molecule has 0 aliphatic rings. The maximum absolute atomic E-state index is 12.6. The molecule has 0 heterocycles. The fraction of sp³-hybridized carbons (Fsp3) is 0.901. The monoisotopic (exact) mass is 1080 g/mol. The molecule has 6 nitrogen and oxygen atoms in total. The molecule has 0 aliphatic carbocycles. The van der Waals surface area contributed by atoms with Crippen LogP contribution in [0.15, 0.2) is 36.5 Å². The third-order valence-electron chi connectivity index (χ3n) is 16.6. The van der Waals surface area contributed by atoms with Crippen LogP contribution in [-0.4, -0.2) is 57.3 Å². The molecule has 0 radical (unpaired) electrons. The molecule has 0 fully saturated rings. The van der Waals surface area contributed by atoms with Gasteiger partial charge in [0, 0.05) is 0 Å². The van der Waals surface area contributed by atoms with Gasteiger partial charge in [0.2, 0.25) is 5.91 Å². The van der Waals surface area contributed by atoms with Gasteiger partial charge in [-0.2, -0.15) is 0 Å². The van der Waals surface area contributed by atoms with Gasteiger partial charge < -0.3 is 25.7 Å². The standard InChI is InChI=1S/C71H137NO5/c1-3-5-7-9-11-13-15-17-19-21-23-25-27-28-29-30-31-32-33-34-35-36-37-38-39-40-41-43-45-47-49-51-53-55-57-59-61-63-65-69(75)71(77)72-67(66-73)70(76)68(74)64-62-60-58-56-54-52-50-48-46-44-42-26-24-22-20-18-16-14-12-10-8-6-4-2/h26,42,48,50,56,58,67-70,73-76H,3-25,27-41,43-47,49,51-55,57,59-66H2,1-2H3,(H,72,77)/b42-26+,50-48+,58-56+. The number of carbonyl (C=O) groups excluding carboxylic acids is 1. The molecule has 5 N–H and O–H groups in total. The third kappa shape index (κ3) is 59.0. The van der Waals surface area contributed by atoms with Crippen LogP contribution in [0.4, 0.5) is 0 Å². The smallest absolute Gasteiger partial charge is 0.249 e. The highest BCUT2D eigenvalue weighted by Gasteiger charge is 2.28. The van der Waals surface area contributed by atoms with Gasteiger partial charge in [-0.1, -0.05) is 352 Å². The van der Waals surface area contributed by atoms with E-state index in [0.29, 0.717) is 19.3 Å². The Morgan fingerprint density at radius 1 is 0.312 bits per heavy atom. The summed E-state index contributed by atoms with van der Waals surface area (Å²) < 4.78 is 0. The Balaban J connectivity index is 3.54. The first-order valence-corrected chi connectivity index (χ1v) is 34.9. The molecule has 6 heteroatoms. The van der Waals surface area contributed by atoms with Crippen molar-refractivity contribution in [2.75, 3.05) is 6.61 Å². The minimum Gasteiger partial charge on any atom is -0.394 e. The van der Waals surface area contributed by atoms with Gasteiger partial charge in [0.1, 0.15) is 12.2 Å². The van der Waals surface area contributed by atoms with Gasteiger partial charge in [0.25, 0.3) is 0 Å². The van der Waals surface area contributed by atoms with Crippen molar-refractivity contribution in [3.8, 4) is 0 Å². The minimum atomic E-state index is -1.29. The second kappa shape index (κ2) is 65.3. The Kier molecular flexibility index (Phi) is 64.1. The Morgan fingerprint density at radius 3 is 0.818 bits per heavy atom. The fourth-order valence-electron chi connectivity index (χ4n) is 11.1. The van der Waals surface area contributed by atoms with E-state index in [1.54, 1.807) is 0 Å². The Hall–Kier alpha value is -1.47. The summed E-state index contributed by atoms with van der Waals surface area (Å²) in [5.74, 6) is -0.593. The molecule has 0 aromatic heterocycles. The average Bonchev–Trinajstić information content (AvgIpc) is 3.43. The van der Waals surface area contributed by atoms with Gasteiger partial charge in [-0.25, -0.2) is 0 Å². The third-order valence-corrected chi connectivity index (χ3v) is 16.6. The van der Waals surface area contributed by atoms with Crippen LogP contribution in [0, 0.1) is 0 Å². The van der Waals surface area contributed by atoms with E-state index in [4.69, 9.17) is 0 Å². The van der Waals surface area contributed by atoms with Crippen LogP contribution < -0.4 is 5.32 Å². The quantitative estimate of drug-likeness (QED) is 0.0308. The zero-order chi connectivity index (χ0) is 55.8. The first-order valence-electron chi connectivity index (χ1n) is 34.9. The molecule has 0 bridgehead atoms. The fourth-order valence-corrected chi connectivity index (χ4v) is 11.1. The molecule has 0 aromatic rings. The molecule has 1 amide bonds. The molecule has 0 aliphatic heterocycles. The summed E-state index contributed by atoms with van der Waals surface area (Å²) in [5, 5.41) is 44.1. The maximum Gasteiger partial charge on any atom is 0.249 e. The topological polar surface area (TPSA) is 110 Å². The number of aliphatic hydroxyl groups excluding tert-OH is 4. The van der Waals surface area contributed by atoms with Crippen LogP contribution in [-0.2, 0) is 4.79 Å². The zero-order valence-corrected chi connectivity index (χ0v) is 52.0. The van der Waals surface area contributed by atoms with E-state index >= 15 is 0 Å². The predicted molar refractivity (Wildman–Crippen MR) is 339 cm³/mol. The van der Waals surface area contributed by atoms with E-state index in [2.05, 4.69) is 55.6 Å². The molecule has 77 heavy (non-hydrogen) atoms. The van der Waals surface area contributed by atoms with E-state index in [9.17, 15) is 25.2 Å².